The molecule has 0 aliphatic rings. The molecule has 1 aromatic carbocycles. The predicted octanol–water partition coefficient (Wildman–Crippen LogP) is 4.49. The molecule has 0 aliphatic carbocycles. The van der Waals surface area contributed by atoms with Crippen molar-refractivity contribution in [1.82, 2.24) is 9.38 Å². The van der Waals surface area contributed by atoms with Crippen LogP contribution in [0.5, 0.6) is 0 Å². The third-order valence-corrected chi connectivity index (χ3v) is 4.31. The molecule has 0 aliphatic heterocycles. The smallest absolute Gasteiger partial charge is 0.259 e. The van der Waals surface area contributed by atoms with Crippen LogP contribution in [0.15, 0.2) is 65.9 Å². The summed E-state index contributed by atoms with van der Waals surface area (Å²) in [7, 11) is 0. The van der Waals surface area contributed by atoms with Gasteiger partial charge in [-0.05, 0) is 68.6 Å². The van der Waals surface area contributed by atoms with Crippen LogP contribution in [0.25, 0.3) is 11.2 Å². The molecule has 2 aromatic heterocycles. The number of aliphatic imine (C=N–C) groups is 1. The van der Waals surface area contributed by atoms with Crippen LogP contribution in [0, 0.1) is 19.3 Å². The average molecular weight is 368 g/mol. The second kappa shape index (κ2) is 8.19. The van der Waals surface area contributed by atoms with Crippen molar-refractivity contribution in [1.29, 1.82) is 0 Å². The van der Waals surface area contributed by atoms with Gasteiger partial charge in [-0.25, -0.2) is 4.98 Å². The minimum atomic E-state index is -0.225. The number of hydrogen-bond donors (Lipinski definition) is 1. The van der Waals surface area contributed by atoms with Gasteiger partial charge >= 0.3 is 0 Å². The molecule has 1 N–H and O–H groups in total. The van der Waals surface area contributed by atoms with Crippen molar-refractivity contribution in [3.05, 3.63) is 83.5 Å². The monoisotopic (exact) mass is 368 g/mol. The zero-order valence-electron chi connectivity index (χ0n) is 15.8. The van der Waals surface area contributed by atoms with Crippen LogP contribution in [0.2, 0.25) is 0 Å². The van der Waals surface area contributed by atoms with E-state index >= 15 is 0 Å². The minimum absolute atomic E-state index is 0.225. The number of amides is 1. The maximum Gasteiger partial charge on any atom is 0.259 e. The minimum Gasteiger partial charge on any atom is -0.322 e. The number of benzene rings is 1. The Morgan fingerprint density at radius 2 is 2.07 bits per heavy atom. The van der Waals surface area contributed by atoms with E-state index in [1.165, 1.54) is 0 Å². The van der Waals surface area contributed by atoms with Gasteiger partial charge in [0.2, 0.25) is 0 Å². The van der Waals surface area contributed by atoms with Crippen LogP contribution in [-0.4, -0.2) is 22.0 Å². The number of aryl methyl sites for hydroxylation is 1. The standard InChI is InChI=1S/C23H20N4O/c1-5-18-8-10-19(11-9-18)25-23(28)20-12-14-27-17(3)15-21(26-22(20)27)16(2)7-6-13-24-4/h1,6-15H,4H2,2-3H3,(H,25,28)/b13-6-,16-7+. The zero-order chi connectivity index (χ0) is 20.1. The first kappa shape index (κ1) is 18.9. The van der Waals surface area contributed by atoms with Crippen molar-refractivity contribution in [2.24, 2.45) is 4.99 Å². The lowest BCUT2D eigenvalue weighted by atomic mass is 10.1. The highest BCUT2D eigenvalue weighted by Crippen LogP contribution is 2.20. The van der Waals surface area contributed by atoms with E-state index in [-0.39, 0.29) is 5.91 Å². The quantitative estimate of drug-likeness (QED) is 0.410. The number of terminal acetylenes is 1. The Kier molecular flexibility index (Phi) is 5.52. The molecule has 0 saturated heterocycles. The molecule has 5 heteroatoms. The fourth-order valence-electron chi connectivity index (χ4n) is 2.80. The van der Waals surface area contributed by atoms with Crippen LogP contribution in [-0.2, 0) is 0 Å². The third kappa shape index (κ3) is 3.92. The highest BCUT2D eigenvalue weighted by Gasteiger charge is 2.15. The molecule has 0 fully saturated rings. The van der Waals surface area contributed by atoms with E-state index in [1.54, 1.807) is 42.6 Å². The summed E-state index contributed by atoms with van der Waals surface area (Å²) in [6.45, 7) is 7.35. The molecule has 0 radical (unpaired) electrons. The molecule has 2 heterocycles. The van der Waals surface area contributed by atoms with Gasteiger partial charge in [0.25, 0.3) is 5.91 Å². The lowest BCUT2D eigenvalue weighted by Gasteiger charge is -2.08. The Balaban J connectivity index is 1.95. The third-order valence-electron chi connectivity index (χ3n) is 4.31. The van der Waals surface area contributed by atoms with Gasteiger partial charge in [0.05, 0.1) is 11.3 Å². The van der Waals surface area contributed by atoms with Gasteiger partial charge in [0.15, 0.2) is 0 Å². The average Bonchev–Trinajstić information content (AvgIpc) is 3.13. The molecule has 138 valence electrons. The van der Waals surface area contributed by atoms with Crippen molar-refractivity contribution in [3.63, 3.8) is 0 Å². The first-order valence-electron chi connectivity index (χ1n) is 8.70. The van der Waals surface area contributed by atoms with Crippen molar-refractivity contribution in [2.45, 2.75) is 13.8 Å². The number of nitrogens with zero attached hydrogens (tertiary/aromatic N) is 3. The number of allylic oxidation sites excluding steroid dienone is 3. The van der Waals surface area contributed by atoms with E-state index in [2.05, 4.69) is 22.9 Å². The van der Waals surface area contributed by atoms with Gasteiger partial charge in [0.1, 0.15) is 5.65 Å². The van der Waals surface area contributed by atoms with E-state index in [9.17, 15) is 4.79 Å². The molecular formula is C23H20N4O. The van der Waals surface area contributed by atoms with E-state index in [4.69, 9.17) is 11.4 Å². The van der Waals surface area contributed by atoms with Gasteiger partial charge < -0.3 is 9.72 Å². The van der Waals surface area contributed by atoms with Crippen LogP contribution in [0.1, 0.15) is 34.2 Å². The summed E-state index contributed by atoms with van der Waals surface area (Å²) < 4.78 is 1.90. The van der Waals surface area contributed by atoms with Crippen LogP contribution < -0.4 is 5.32 Å². The maximum atomic E-state index is 12.8. The Morgan fingerprint density at radius 3 is 2.75 bits per heavy atom. The second-order valence-electron chi connectivity index (χ2n) is 6.26. The fourth-order valence-corrected chi connectivity index (χ4v) is 2.80. The van der Waals surface area contributed by atoms with Crippen LogP contribution in [0.4, 0.5) is 5.69 Å². The number of carbonyl (C=O) groups is 1. The van der Waals surface area contributed by atoms with Crippen LogP contribution >= 0.6 is 0 Å². The van der Waals surface area contributed by atoms with E-state index in [1.807, 2.05) is 36.6 Å². The summed E-state index contributed by atoms with van der Waals surface area (Å²) in [5.74, 6) is 2.33. The molecule has 28 heavy (non-hydrogen) atoms. The van der Waals surface area contributed by atoms with E-state index in [0.29, 0.717) is 16.9 Å². The summed E-state index contributed by atoms with van der Waals surface area (Å²) in [6, 6.07) is 10.9. The van der Waals surface area contributed by atoms with Crippen molar-refractivity contribution < 1.29 is 4.79 Å². The molecule has 5 nitrogen and oxygen atoms in total. The fraction of sp³-hybridized carbons (Fsp3) is 0.0870. The number of hydrogen-bond acceptors (Lipinski definition) is 3. The molecule has 1 amide bonds. The zero-order valence-corrected chi connectivity index (χ0v) is 15.8. The number of fused-ring (bicyclic) bond motifs is 1. The Hall–Kier alpha value is -3.91. The highest BCUT2D eigenvalue weighted by atomic mass is 16.1. The van der Waals surface area contributed by atoms with Crippen molar-refractivity contribution in [3.8, 4) is 12.3 Å². The summed E-state index contributed by atoms with van der Waals surface area (Å²) in [6.07, 6.45) is 12.5. The second-order valence-corrected chi connectivity index (χ2v) is 6.26. The molecule has 3 rings (SSSR count). The number of anilines is 1. The Bertz CT molecular complexity index is 1140. The predicted molar refractivity (Wildman–Crippen MR) is 115 cm³/mol. The molecule has 3 aromatic rings. The molecule has 0 spiro atoms. The Morgan fingerprint density at radius 1 is 1.32 bits per heavy atom. The lowest BCUT2D eigenvalue weighted by Crippen LogP contribution is -2.12. The molecule has 0 unspecified atom stereocenters. The lowest BCUT2D eigenvalue weighted by molar-refractivity contribution is 0.102. The number of aromatic nitrogens is 2. The molecule has 0 atom stereocenters. The number of rotatable bonds is 5. The van der Waals surface area contributed by atoms with Gasteiger partial charge in [0, 0.05) is 29.3 Å². The maximum absolute atomic E-state index is 12.8. The molecule has 0 bridgehead atoms. The number of carbonyl (C=O) groups excluding carboxylic acids is 1. The van der Waals surface area contributed by atoms with Gasteiger partial charge in [-0.1, -0.05) is 12.0 Å². The summed E-state index contributed by atoms with van der Waals surface area (Å²) in [5.41, 5.74) is 5.28. The largest absolute Gasteiger partial charge is 0.322 e. The van der Waals surface area contributed by atoms with Gasteiger partial charge in [-0.15, -0.1) is 6.42 Å². The highest BCUT2D eigenvalue weighted by molar-refractivity contribution is 6.08. The normalized spacial score (nSPS) is 11.5. The van der Waals surface area contributed by atoms with Gasteiger partial charge in [-0.2, -0.15) is 0 Å². The van der Waals surface area contributed by atoms with E-state index in [0.717, 1.165) is 22.5 Å². The van der Waals surface area contributed by atoms with Gasteiger partial charge in [-0.3, -0.25) is 9.79 Å². The topological polar surface area (TPSA) is 58.8 Å². The number of nitrogens with one attached hydrogen (secondary N) is 1. The summed E-state index contributed by atoms with van der Waals surface area (Å²) in [5, 5.41) is 2.89. The summed E-state index contributed by atoms with van der Waals surface area (Å²) in [4.78, 5) is 21.2. The molecular weight excluding hydrogens is 348 g/mol. The van der Waals surface area contributed by atoms with E-state index < -0.39 is 0 Å². The first-order valence-corrected chi connectivity index (χ1v) is 8.70. The van der Waals surface area contributed by atoms with Crippen LogP contribution in [0.3, 0.4) is 0 Å². The van der Waals surface area contributed by atoms with Crippen molar-refractivity contribution in [2.75, 3.05) is 5.32 Å². The SMILES string of the molecule is C#Cc1ccc(NC(=O)c2ccn3c(C)cc(/C(C)=C/C=C\N=C)nc23)cc1. The Labute approximate surface area is 164 Å². The molecule has 0 saturated carbocycles. The first-order chi connectivity index (χ1) is 13.5. The summed E-state index contributed by atoms with van der Waals surface area (Å²) >= 11 is 0. The van der Waals surface area contributed by atoms with Crippen molar-refractivity contribution >= 4 is 29.5 Å².